The summed E-state index contributed by atoms with van der Waals surface area (Å²) in [5, 5.41) is 3.54. The van der Waals surface area contributed by atoms with E-state index in [2.05, 4.69) is 14.5 Å². The van der Waals surface area contributed by atoms with Crippen LogP contribution in [-0.2, 0) is 10.5 Å². The van der Waals surface area contributed by atoms with Gasteiger partial charge in [0.25, 0.3) is 5.91 Å². The maximum absolute atomic E-state index is 12.6. The number of anilines is 2. The lowest BCUT2D eigenvalue weighted by molar-refractivity contribution is 0.103. The zero-order chi connectivity index (χ0) is 18.9. The van der Waals surface area contributed by atoms with Crippen LogP contribution >= 0.6 is 11.3 Å². The van der Waals surface area contributed by atoms with Crippen LogP contribution in [0.3, 0.4) is 0 Å². The van der Waals surface area contributed by atoms with E-state index in [4.69, 9.17) is 0 Å². The first kappa shape index (κ1) is 18.1. The summed E-state index contributed by atoms with van der Waals surface area (Å²) in [5.41, 5.74) is 1.17. The minimum atomic E-state index is -5.16. The minimum absolute atomic E-state index is 0.182. The second kappa shape index (κ2) is 6.89. The Balaban J connectivity index is 1.86. The highest BCUT2D eigenvalue weighted by atomic mass is 32.3. The van der Waals surface area contributed by atoms with Gasteiger partial charge in [0.1, 0.15) is 0 Å². The van der Waals surface area contributed by atoms with E-state index in [-0.39, 0.29) is 11.4 Å². The number of amides is 1. The summed E-state index contributed by atoms with van der Waals surface area (Å²) in [6.07, 6.45) is 2.32. The zero-order valence-electron chi connectivity index (χ0n) is 13.8. The van der Waals surface area contributed by atoms with E-state index >= 15 is 0 Å². The summed E-state index contributed by atoms with van der Waals surface area (Å²) in [7, 11) is -1.32. The maximum Gasteiger partial charge on any atom is 0.488 e. The van der Waals surface area contributed by atoms with Crippen molar-refractivity contribution in [2.24, 2.45) is 0 Å². The van der Waals surface area contributed by atoms with E-state index in [0.29, 0.717) is 4.88 Å². The molecule has 26 heavy (non-hydrogen) atoms. The number of thiophene rings is 1. The molecule has 0 radical (unpaired) electrons. The van der Waals surface area contributed by atoms with E-state index in [0.717, 1.165) is 22.0 Å². The van der Waals surface area contributed by atoms with Gasteiger partial charge in [-0.15, -0.1) is 11.3 Å². The number of nitrogens with zero attached hydrogens (tertiary/aromatic N) is 2. The van der Waals surface area contributed by atoms with E-state index in [1.165, 1.54) is 23.6 Å². The number of carbonyl (C=O) groups excluding carboxylic acids is 1. The molecule has 0 aliphatic heterocycles. The minimum Gasteiger partial charge on any atom is -0.377 e. The van der Waals surface area contributed by atoms with E-state index < -0.39 is 16.4 Å². The fourth-order valence-corrected chi connectivity index (χ4v) is 3.69. The van der Waals surface area contributed by atoms with Crippen LogP contribution < -0.4 is 14.4 Å². The molecule has 3 aromatic rings. The SMILES string of the molecule is CN(C)c1cccc2sc(C(=O)Nc3cncc(OS(=O)(=O)F)c3)cc12. The fourth-order valence-electron chi connectivity index (χ4n) is 2.39. The molecule has 0 bridgehead atoms. The number of nitrogens with one attached hydrogen (secondary N) is 1. The number of benzene rings is 1. The van der Waals surface area contributed by atoms with Crippen LogP contribution in [0.5, 0.6) is 5.75 Å². The second-order valence-corrected chi connectivity index (χ2v) is 7.57. The van der Waals surface area contributed by atoms with Gasteiger partial charge in [-0.2, -0.15) is 8.42 Å². The van der Waals surface area contributed by atoms with Gasteiger partial charge in [-0.3, -0.25) is 9.78 Å². The number of hydrogen-bond donors (Lipinski definition) is 1. The van der Waals surface area contributed by atoms with E-state index in [9.17, 15) is 17.1 Å². The molecule has 0 atom stereocenters. The van der Waals surface area contributed by atoms with Crippen molar-refractivity contribution in [2.75, 3.05) is 24.3 Å². The lowest BCUT2D eigenvalue weighted by Gasteiger charge is -2.13. The first-order valence-corrected chi connectivity index (χ1v) is 9.46. The maximum atomic E-state index is 12.6. The standard InChI is InChI=1S/C16H14FN3O4S2/c1-20(2)13-4-3-5-14-12(13)7-15(25-14)16(21)19-10-6-11(9-18-8-10)24-26(17,22)23/h3-9H,1-2H3,(H,19,21). The lowest BCUT2D eigenvalue weighted by atomic mass is 10.2. The Morgan fingerprint density at radius 1 is 1.27 bits per heavy atom. The van der Waals surface area contributed by atoms with Gasteiger partial charge in [0.2, 0.25) is 0 Å². The number of aromatic nitrogens is 1. The van der Waals surface area contributed by atoms with Gasteiger partial charge in [0.15, 0.2) is 5.75 Å². The third kappa shape index (κ3) is 4.09. The molecule has 0 aliphatic carbocycles. The van der Waals surface area contributed by atoms with Gasteiger partial charge in [-0.05, 0) is 18.2 Å². The van der Waals surface area contributed by atoms with Crippen LogP contribution in [-0.4, -0.2) is 33.4 Å². The van der Waals surface area contributed by atoms with Crippen LogP contribution in [0.1, 0.15) is 9.67 Å². The summed E-state index contributed by atoms with van der Waals surface area (Å²) < 4.78 is 38.7. The molecule has 0 saturated carbocycles. The van der Waals surface area contributed by atoms with Gasteiger partial charge >= 0.3 is 10.5 Å². The molecule has 2 aromatic heterocycles. The molecule has 1 aromatic carbocycles. The van der Waals surface area contributed by atoms with Crippen molar-refractivity contribution in [3.05, 3.63) is 47.6 Å². The highest BCUT2D eigenvalue weighted by Gasteiger charge is 2.15. The van der Waals surface area contributed by atoms with Crippen LogP contribution in [0.15, 0.2) is 42.7 Å². The quantitative estimate of drug-likeness (QED) is 0.668. The molecule has 0 saturated heterocycles. The topological polar surface area (TPSA) is 88.6 Å². The third-order valence-electron chi connectivity index (χ3n) is 3.41. The number of pyridine rings is 1. The monoisotopic (exact) mass is 395 g/mol. The predicted octanol–water partition coefficient (Wildman–Crippen LogP) is 3.21. The van der Waals surface area contributed by atoms with Crippen molar-refractivity contribution in [3.8, 4) is 5.75 Å². The van der Waals surface area contributed by atoms with Gasteiger partial charge in [0.05, 0.1) is 23.0 Å². The Bertz CT molecular complexity index is 1080. The smallest absolute Gasteiger partial charge is 0.377 e. The van der Waals surface area contributed by atoms with Crippen molar-refractivity contribution in [3.63, 3.8) is 0 Å². The number of rotatable bonds is 5. The molecule has 1 N–H and O–H groups in total. The normalized spacial score (nSPS) is 11.3. The van der Waals surface area contributed by atoms with Crippen molar-refractivity contribution in [2.45, 2.75) is 0 Å². The number of hydrogen-bond acceptors (Lipinski definition) is 7. The summed E-state index contributed by atoms with van der Waals surface area (Å²) in [5.74, 6) is -0.727. The first-order chi connectivity index (χ1) is 12.2. The molecule has 0 aliphatic rings. The molecular weight excluding hydrogens is 381 g/mol. The molecule has 0 spiro atoms. The van der Waals surface area contributed by atoms with Crippen LogP contribution in [0.2, 0.25) is 0 Å². The lowest BCUT2D eigenvalue weighted by Crippen LogP contribution is -2.11. The van der Waals surface area contributed by atoms with Gasteiger partial charge in [-0.25, -0.2) is 0 Å². The van der Waals surface area contributed by atoms with E-state index in [1.54, 1.807) is 6.07 Å². The summed E-state index contributed by atoms with van der Waals surface area (Å²) >= 11 is 1.32. The van der Waals surface area contributed by atoms with E-state index in [1.807, 2.05) is 37.2 Å². The largest absolute Gasteiger partial charge is 0.488 e. The molecule has 2 heterocycles. The van der Waals surface area contributed by atoms with Crippen LogP contribution in [0.25, 0.3) is 10.1 Å². The van der Waals surface area contributed by atoms with Gasteiger partial charge < -0.3 is 14.4 Å². The molecule has 7 nitrogen and oxygen atoms in total. The summed E-state index contributed by atoms with van der Waals surface area (Å²) in [6, 6.07) is 8.74. The predicted molar refractivity (Wildman–Crippen MR) is 99.0 cm³/mol. The van der Waals surface area contributed by atoms with Crippen LogP contribution in [0, 0.1) is 0 Å². The molecular formula is C16H14FN3O4S2. The second-order valence-electron chi connectivity index (χ2n) is 5.53. The van der Waals surface area contributed by atoms with Gasteiger partial charge in [0, 0.05) is 35.9 Å². The zero-order valence-corrected chi connectivity index (χ0v) is 15.4. The number of halogens is 1. The van der Waals surface area contributed by atoms with Gasteiger partial charge in [-0.1, -0.05) is 9.95 Å². The highest BCUT2D eigenvalue weighted by molar-refractivity contribution is 7.81. The molecule has 0 unspecified atom stereocenters. The molecule has 0 fully saturated rings. The fraction of sp³-hybridized carbons (Fsp3) is 0.125. The van der Waals surface area contributed by atoms with Crippen molar-refractivity contribution in [1.82, 2.24) is 4.98 Å². The Morgan fingerprint density at radius 2 is 2.04 bits per heavy atom. The summed E-state index contributed by atoms with van der Waals surface area (Å²) in [4.78, 5) is 18.6. The number of fused-ring (bicyclic) bond motifs is 1. The van der Waals surface area contributed by atoms with Crippen molar-refractivity contribution in [1.29, 1.82) is 0 Å². The van der Waals surface area contributed by atoms with Crippen molar-refractivity contribution < 1.29 is 21.3 Å². The molecule has 10 heteroatoms. The van der Waals surface area contributed by atoms with Crippen molar-refractivity contribution >= 4 is 49.2 Å². The highest BCUT2D eigenvalue weighted by Crippen LogP contribution is 2.33. The molecule has 1 amide bonds. The Morgan fingerprint density at radius 3 is 2.73 bits per heavy atom. The summed E-state index contributed by atoms with van der Waals surface area (Å²) in [6.45, 7) is 0. The number of carbonyl (C=O) groups is 1. The van der Waals surface area contributed by atoms with Crippen LogP contribution in [0.4, 0.5) is 15.3 Å². The molecule has 3 rings (SSSR count). The Hall–Kier alpha value is -2.72. The Kier molecular flexibility index (Phi) is 4.79. The molecule has 136 valence electrons. The third-order valence-corrected chi connectivity index (χ3v) is 4.90. The Labute approximate surface area is 153 Å². The first-order valence-electron chi connectivity index (χ1n) is 7.33. The average Bonchev–Trinajstić information content (AvgIpc) is 2.97. The average molecular weight is 395 g/mol.